The second kappa shape index (κ2) is 7.39. The summed E-state index contributed by atoms with van der Waals surface area (Å²) in [4.78, 5) is 21.6. The van der Waals surface area contributed by atoms with Crippen molar-refractivity contribution >= 4 is 17.3 Å². The van der Waals surface area contributed by atoms with E-state index in [4.69, 9.17) is 4.74 Å². The fourth-order valence-electron chi connectivity index (χ4n) is 2.10. The quantitative estimate of drug-likeness (QED) is 0.363. The van der Waals surface area contributed by atoms with Gasteiger partial charge in [-0.25, -0.2) is 9.13 Å². The van der Waals surface area contributed by atoms with Crippen molar-refractivity contribution in [3.63, 3.8) is 0 Å². The molecule has 1 aromatic heterocycles. The third-order valence-corrected chi connectivity index (χ3v) is 3.13. The maximum absolute atomic E-state index is 11.2. The van der Waals surface area contributed by atoms with Gasteiger partial charge in [-0.1, -0.05) is 0 Å². The summed E-state index contributed by atoms with van der Waals surface area (Å²) >= 11 is 0. The summed E-state index contributed by atoms with van der Waals surface area (Å²) in [6.45, 7) is 2.53. The van der Waals surface area contributed by atoms with E-state index in [-0.39, 0.29) is 11.6 Å². The topological polar surface area (TPSA) is 90.3 Å². The van der Waals surface area contributed by atoms with Crippen molar-refractivity contribution in [2.75, 3.05) is 11.9 Å². The zero-order valence-electron chi connectivity index (χ0n) is 13.1. The number of nitrogens with one attached hydrogen (secondary N) is 1. The van der Waals surface area contributed by atoms with Crippen molar-refractivity contribution in [1.29, 1.82) is 0 Å². The molecule has 0 aliphatic rings. The minimum Gasteiger partial charge on any atom is -0.491 e. The Kier molecular flexibility index (Phi) is 5.29. The van der Waals surface area contributed by atoms with E-state index in [1.807, 2.05) is 34.9 Å². The van der Waals surface area contributed by atoms with Crippen molar-refractivity contribution < 1.29 is 19.0 Å². The van der Waals surface area contributed by atoms with Crippen LogP contribution in [0, 0.1) is 10.1 Å². The summed E-state index contributed by atoms with van der Waals surface area (Å²) < 4.78 is 9.58. The monoisotopic (exact) mass is 319 g/mol. The lowest BCUT2D eigenvalue weighted by atomic mass is 10.2. The Labute approximate surface area is 133 Å². The Morgan fingerprint density at radius 3 is 2.87 bits per heavy atom. The molecule has 8 nitrogen and oxygen atoms in total. The molecule has 122 valence electrons. The van der Waals surface area contributed by atoms with Gasteiger partial charge in [0, 0.05) is 19.4 Å². The van der Waals surface area contributed by atoms with Crippen molar-refractivity contribution in [1.82, 2.24) is 4.57 Å². The third-order valence-electron chi connectivity index (χ3n) is 3.13. The molecule has 0 radical (unpaired) electrons. The molecule has 23 heavy (non-hydrogen) atoms. The van der Waals surface area contributed by atoms with Crippen molar-refractivity contribution in [3.05, 3.63) is 47.0 Å². The number of carbonyl (C=O) groups excluding carboxylic acids is 1. The number of hydrogen-bond donors (Lipinski definition) is 1. The molecule has 1 heterocycles. The highest BCUT2D eigenvalue weighted by Crippen LogP contribution is 2.29. The van der Waals surface area contributed by atoms with Crippen LogP contribution in [0.15, 0.2) is 36.9 Å². The number of aryl methyl sites for hydroxylation is 2. The summed E-state index contributed by atoms with van der Waals surface area (Å²) in [5, 5.41) is 13.5. The normalized spacial score (nSPS) is 10.3. The first-order valence-corrected chi connectivity index (χ1v) is 7.15. The van der Waals surface area contributed by atoms with Crippen LogP contribution in [-0.4, -0.2) is 22.0 Å². The van der Waals surface area contributed by atoms with Gasteiger partial charge in [0.1, 0.15) is 18.1 Å². The Balaban J connectivity index is 1.99. The summed E-state index contributed by atoms with van der Waals surface area (Å²) in [6.07, 6.45) is 6.58. The Hall–Kier alpha value is -2.90. The summed E-state index contributed by atoms with van der Waals surface area (Å²) in [7, 11) is 1.94. The maximum atomic E-state index is 11.2. The molecular weight excluding hydrogens is 300 g/mol. The summed E-state index contributed by atoms with van der Waals surface area (Å²) in [6, 6.07) is 4.12. The summed E-state index contributed by atoms with van der Waals surface area (Å²) in [5.41, 5.74) is 0.349. The lowest BCUT2D eigenvalue weighted by Crippen LogP contribution is -2.31. The molecule has 1 N–H and O–H groups in total. The van der Waals surface area contributed by atoms with Gasteiger partial charge >= 0.3 is 0 Å². The molecule has 8 heteroatoms. The average Bonchev–Trinajstić information content (AvgIpc) is 2.89. The van der Waals surface area contributed by atoms with Gasteiger partial charge in [0.2, 0.25) is 12.2 Å². The largest absolute Gasteiger partial charge is 0.491 e. The van der Waals surface area contributed by atoms with E-state index >= 15 is 0 Å². The van der Waals surface area contributed by atoms with Crippen LogP contribution in [0.5, 0.6) is 5.75 Å². The predicted molar refractivity (Wildman–Crippen MR) is 83.1 cm³/mol. The van der Waals surface area contributed by atoms with E-state index in [1.165, 1.54) is 25.1 Å². The van der Waals surface area contributed by atoms with E-state index < -0.39 is 4.92 Å². The fourth-order valence-corrected chi connectivity index (χ4v) is 2.10. The van der Waals surface area contributed by atoms with Gasteiger partial charge in [0.25, 0.3) is 5.69 Å². The third kappa shape index (κ3) is 4.80. The summed E-state index contributed by atoms with van der Waals surface area (Å²) in [5.74, 6) is 0.0380. The van der Waals surface area contributed by atoms with Gasteiger partial charge in [-0.15, -0.1) is 0 Å². The number of nitrogens with zero attached hydrogens (tertiary/aromatic N) is 3. The minimum atomic E-state index is -0.496. The van der Waals surface area contributed by atoms with E-state index in [9.17, 15) is 14.9 Å². The second-order valence-corrected chi connectivity index (χ2v) is 5.14. The molecule has 1 aromatic carbocycles. The molecule has 0 saturated heterocycles. The van der Waals surface area contributed by atoms with Crippen LogP contribution in [0.3, 0.4) is 0 Å². The number of ether oxygens (including phenoxy) is 1. The number of benzene rings is 1. The molecule has 0 aliphatic heterocycles. The Bertz CT molecular complexity index is 711. The van der Waals surface area contributed by atoms with Gasteiger partial charge in [-0.3, -0.25) is 14.9 Å². The highest BCUT2D eigenvalue weighted by molar-refractivity contribution is 5.90. The maximum Gasteiger partial charge on any atom is 0.273 e. The number of amides is 1. The molecule has 2 rings (SSSR count). The first-order chi connectivity index (χ1) is 11.0. The van der Waals surface area contributed by atoms with Crippen LogP contribution in [0.4, 0.5) is 11.4 Å². The second-order valence-electron chi connectivity index (χ2n) is 5.14. The number of imidazole rings is 1. The number of nitro benzene ring substituents is 1. The molecule has 2 aromatic rings. The zero-order chi connectivity index (χ0) is 16.8. The number of anilines is 1. The van der Waals surface area contributed by atoms with Gasteiger partial charge in [0.05, 0.1) is 36.9 Å². The molecule has 0 fully saturated rings. The number of carbonyl (C=O) groups is 1. The van der Waals surface area contributed by atoms with E-state index in [2.05, 4.69) is 5.32 Å². The molecule has 0 unspecified atom stereocenters. The predicted octanol–water partition coefficient (Wildman–Crippen LogP) is 1.65. The first kappa shape index (κ1) is 16.5. The lowest BCUT2D eigenvalue weighted by Gasteiger charge is -2.11. The molecular formula is C15H19N4O4+. The lowest BCUT2D eigenvalue weighted by molar-refractivity contribution is -0.696. The van der Waals surface area contributed by atoms with Crippen molar-refractivity contribution in [2.24, 2.45) is 7.05 Å². The van der Waals surface area contributed by atoms with Gasteiger partial charge in [0.15, 0.2) is 0 Å². The molecule has 0 saturated carbocycles. The van der Waals surface area contributed by atoms with Crippen molar-refractivity contribution in [2.45, 2.75) is 19.9 Å². The smallest absolute Gasteiger partial charge is 0.273 e. The van der Waals surface area contributed by atoms with Crippen LogP contribution in [-0.2, 0) is 18.4 Å². The van der Waals surface area contributed by atoms with Crippen LogP contribution >= 0.6 is 0 Å². The van der Waals surface area contributed by atoms with Crippen molar-refractivity contribution in [3.8, 4) is 5.75 Å². The van der Waals surface area contributed by atoms with Crippen LogP contribution in [0.25, 0.3) is 0 Å². The highest BCUT2D eigenvalue weighted by atomic mass is 16.6. The standard InChI is InChI=1S/C15H18N4O4/c1-12(20)16-14-5-4-13(19(21)22)10-15(14)23-9-3-6-18-8-7-17(2)11-18/h4-5,7-8,10-11H,3,6,9H2,1-2H3/p+1. The molecule has 0 aliphatic carbocycles. The SMILES string of the molecule is CC(=O)Nc1ccc([N+](=O)[O-])cc1OCCC[n+]1ccn(C)c1. The Morgan fingerprint density at radius 1 is 1.48 bits per heavy atom. The first-order valence-electron chi connectivity index (χ1n) is 7.15. The Morgan fingerprint density at radius 2 is 2.26 bits per heavy atom. The highest BCUT2D eigenvalue weighted by Gasteiger charge is 2.13. The number of aromatic nitrogens is 2. The number of hydrogen-bond acceptors (Lipinski definition) is 4. The fraction of sp³-hybridized carbons (Fsp3) is 0.333. The molecule has 1 amide bonds. The van der Waals surface area contributed by atoms with Gasteiger partial charge in [-0.2, -0.15) is 0 Å². The number of nitro groups is 1. The molecule has 0 spiro atoms. The van der Waals surface area contributed by atoms with Crippen LogP contribution < -0.4 is 14.6 Å². The molecule has 0 bridgehead atoms. The minimum absolute atomic E-state index is 0.0773. The van der Waals surface area contributed by atoms with E-state index in [0.29, 0.717) is 18.0 Å². The van der Waals surface area contributed by atoms with E-state index in [0.717, 1.165) is 13.0 Å². The average molecular weight is 319 g/mol. The number of rotatable bonds is 7. The number of non-ortho nitro benzene ring substituents is 1. The van der Waals surface area contributed by atoms with Crippen LogP contribution in [0.2, 0.25) is 0 Å². The molecule has 0 atom stereocenters. The van der Waals surface area contributed by atoms with Gasteiger partial charge < -0.3 is 10.1 Å². The van der Waals surface area contributed by atoms with Gasteiger partial charge in [-0.05, 0) is 6.07 Å². The van der Waals surface area contributed by atoms with Crippen LogP contribution in [0.1, 0.15) is 13.3 Å². The zero-order valence-corrected chi connectivity index (χ0v) is 13.1. The van der Waals surface area contributed by atoms with E-state index in [1.54, 1.807) is 0 Å².